The van der Waals surface area contributed by atoms with Gasteiger partial charge in [-0.15, -0.1) is 21.5 Å². The van der Waals surface area contributed by atoms with Gasteiger partial charge >= 0.3 is 0 Å². The van der Waals surface area contributed by atoms with E-state index in [2.05, 4.69) is 15.5 Å². The van der Waals surface area contributed by atoms with Crippen molar-refractivity contribution in [2.24, 2.45) is 5.10 Å². The van der Waals surface area contributed by atoms with E-state index >= 15 is 0 Å². The minimum atomic E-state index is -0.280. The molecule has 3 heterocycles. The quantitative estimate of drug-likeness (QED) is 0.147. The number of benzene rings is 3. The van der Waals surface area contributed by atoms with Gasteiger partial charge in [0.2, 0.25) is 0 Å². The van der Waals surface area contributed by atoms with Gasteiger partial charge in [-0.3, -0.25) is 14.2 Å². The average Bonchev–Trinajstić information content (AvgIpc) is 3.91. The highest BCUT2D eigenvalue weighted by Crippen LogP contribution is 2.35. The molecule has 0 bridgehead atoms. The van der Waals surface area contributed by atoms with Crippen LogP contribution in [0.15, 0.2) is 101 Å². The molecule has 0 radical (unpaired) electrons. The molecule has 1 aliphatic rings. The topological polar surface area (TPSA) is 120 Å². The van der Waals surface area contributed by atoms with Gasteiger partial charge in [0.25, 0.3) is 11.8 Å². The Kier molecular flexibility index (Phi) is 10.4. The van der Waals surface area contributed by atoms with E-state index in [4.69, 9.17) is 19.3 Å². The number of thiophene rings is 1. The number of hydrogen-bond acceptors (Lipinski definition) is 10. The zero-order chi connectivity index (χ0) is 33.5. The van der Waals surface area contributed by atoms with Crippen molar-refractivity contribution in [3.63, 3.8) is 0 Å². The van der Waals surface area contributed by atoms with Gasteiger partial charge in [0, 0.05) is 17.7 Å². The summed E-state index contributed by atoms with van der Waals surface area (Å²) in [7, 11) is 3.18. The summed E-state index contributed by atoms with van der Waals surface area (Å²) in [5, 5.41) is 20.7. The summed E-state index contributed by atoms with van der Waals surface area (Å²) in [6.07, 6.45) is 0.600. The molecule has 2 amide bonds. The van der Waals surface area contributed by atoms with E-state index in [0.717, 1.165) is 33.3 Å². The summed E-state index contributed by atoms with van der Waals surface area (Å²) in [6, 6.07) is 25.9. The predicted molar refractivity (Wildman–Crippen MR) is 185 cm³/mol. The molecular weight excluding hydrogens is 649 g/mol. The van der Waals surface area contributed by atoms with Crippen molar-refractivity contribution in [1.82, 2.24) is 25.1 Å². The normalized spacial score (nSPS) is 14.0. The molecule has 1 atom stereocenters. The van der Waals surface area contributed by atoms with Gasteiger partial charge in [-0.05, 0) is 78.5 Å². The molecule has 1 N–H and O–H groups in total. The van der Waals surface area contributed by atoms with Gasteiger partial charge in [0.1, 0.15) is 17.2 Å². The molecule has 0 saturated heterocycles. The highest BCUT2D eigenvalue weighted by molar-refractivity contribution is 7.99. The van der Waals surface area contributed by atoms with E-state index in [0.29, 0.717) is 35.3 Å². The van der Waals surface area contributed by atoms with Crippen molar-refractivity contribution >= 4 is 40.6 Å². The zero-order valence-corrected chi connectivity index (χ0v) is 28.3. The Morgan fingerprint density at radius 2 is 1.71 bits per heavy atom. The van der Waals surface area contributed by atoms with Crippen LogP contribution in [0.1, 0.15) is 46.0 Å². The zero-order valence-electron chi connectivity index (χ0n) is 26.7. The van der Waals surface area contributed by atoms with E-state index in [-0.39, 0.29) is 30.2 Å². The Bertz CT molecular complexity index is 1890. The lowest BCUT2D eigenvalue weighted by Crippen LogP contribution is -2.28. The summed E-state index contributed by atoms with van der Waals surface area (Å²) in [6.45, 7) is 2.57. The summed E-state index contributed by atoms with van der Waals surface area (Å²) in [5.74, 6) is 2.18. The third-order valence-corrected chi connectivity index (χ3v) is 9.47. The summed E-state index contributed by atoms with van der Waals surface area (Å²) >= 11 is 2.86. The molecule has 0 aliphatic carbocycles. The van der Waals surface area contributed by atoms with Gasteiger partial charge in [0.05, 0.1) is 49.8 Å². The minimum Gasteiger partial charge on any atom is -0.497 e. The predicted octanol–water partition coefficient (Wildman–Crippen LogP) is 6.14. The van der Waals surface area contributed by atoms with E-state index in [9.17, 15) is 9.59 Å². The number of rotatable bonds is 13. The van der Waals surface area contributed by atoms with Gasteiger partial charge in [0.15, 0.2) is 11.0 Å². The lowest BCUT2D eigenvalue weighted by Gasteiger charge is -2.22. The van der Waals surface area contributed by atoms with Crippen molar-refractivity contribution in [2.75, 3.05) is 26.6 Å². The van der Waals surface area contributed by atoms with Crippen molar-refractivity contribution in [2.45, 2.75) is 31.1 Å². The van der Waals surface area contributed by atoms with Crippen LogP contribution < -0.4 is 19.5 Å². The maximum absolute atomic E-state index is 13.9. The second-order valence-electron chi connectivity index (χ2n) is 10.6. The second kappa shape index (κ2) is 15.2. The number of hydrogen-bond donors (Lipinski definition) is 1. The van der Waals surface area contributed by atoms with E-state index in [1.165, 1.54) is 11.8 Å². The van der Waals surface area contributed by atoms with Crippen LogP contribution in [0.4, 0.5) is 0 Å². The van der Waals surface area contributed by atoms with E-state index in [1.54, 1.807) is 54.8 Å². The summed E-state index contributed by atoms with van der Waals surface area (Å²) in [5.41, 5.74) is 3.06. The summed E-state index contributed by atoms with van der Waals surface area (Å²) < 4.78 is 18.1. The number of carbonyl (C=O) groups excluding carboxylic acids is 2. The van der Waals surface area contributed by atoms with Crippen molar-refractivity contribution < 1.29 is 23.8 Å². The van der Waals surface area contributed by atoms with Crippen LogP contribution in [0.2, 0.25) is 0 Å². The molecule has 13 heteroatoms. The standard InChI is InChI=1S/C35H34N6O5S2/c1-4-46-27-16-12-25(13-17-27)40-32(21-36-34(43)24-7-5-8-28(19-24)45-3)37-38-35(40)48-22-33(42)41-30(23-10-14-26(44-2)15-11-23)20-29(39-41)31-9-6-18-47-31/h5-19,30H,4,20-22H2,1-3H3,(H,36,43)/t30-/m0/s1. The first-order valence-electron chi connectivity index (χ1n) is 15.3. The Balaban J connectivity index is 1.24. The number of aromatic nitrogens is 3. The third-order valence-electron chi connectivity index (χ3n) is 7.64. The molecule has 2 aromatic heterocycles. The van der Waals surface area contributed by atoms with Gasteiger partial charge in [-0.2, -0.15) is 5.10 Å². The fraction of sp³-hybridized carbons (Fsp3) is 0.229. The number of nitrogens with one attached hydrogen (secondary N) is 1. The molecule has 0 unspecified atom stereocenters. The van der Waals surface area contributed by atoms with Gasteiger partial charge < -0.3 is 19.5 Å². The molecule has 3 aromatic carbocycles. The average molecular weight is 683 g/mol. The molecule has 0 saturated carbocycles. The van der Waals surface area contributed by atoms with Crippen LogP contribution in [0.25, 0.3) is 5.69 Å². The fourth-order valence-corrected chi connectivity index (χ4v) is 6.81. The van der Waals surface area contributed by atoms with Crippen LogP contribution in [0.5, 0.6) is 17.2 Å². The maximum Gasteiger partial charge on any atom is 0.253 e. The Labute approximate surface area is 286 Å². The molecule has 0 spiro atoms. The number of carbonyl (C=O) groups is 2. The van der Waals surface area contributed by atoms with Crippen LogP contribution in [0, 0.1) is 0 Å². The molecule has 11 nitrogen and oxygen atoms in total. The molecule has 5 aromatic rings. The summed E-state index contributed by atoms with van der Waals surface area (Å²) in [4.78, 5) is 27.9. The minimum absolute atomic E-state index is 0.0687. The number of nitrogens with zero attached hydrogens (tertiary/aromatic N) is 5. The largest absolute Gasteiger partial charge is 0.497 e. The third kappa shape index (κ3) is 7.37. The second-order valence-corrected chi connectivity index (χ2v) is 12.5. The first-order chi connectivity index (χ1) is 23.5. The molecule has 246 valence electrons. The monoisotopic (exact) mass is 682 g/mol. The first kappa shape index (κ1) is 32.8. The van der Waals surface area contributed by atoms with Gasteiger partial charge in [-0.25, -0.2) is 5.01 Å². The van der Waals surface area contributed by atoms with Crippen LogP contribution in [-0.2, 0) is 11.3 Å². The molecule has 6 rings (SSSR count). The Morgan fingerprint density at radius 1 is 0.938 bits per heavy atom. The molecule has 1 aliphatic heterocycles. The molecular formula is C35H34N6O5S2. The lowest BCUT2D eigenvalue weighted by molar-refractivity contribution is -0.130. The number of methoxy groups -OCH3 is 2. The van der Waals surface area contributed by atoms with E-state index in [1.807, 2.05) is 77.5 Å². The van der Waals surface area contributed by atoms with Gasteiger partial charge in [-0.1, -0.05) is 36.0 Å². The first-order valence-corrected chi connectivity index (χ1v) is 17.1. The van der Waals surface area contributed by atoms with Crippen LogP contribution in [-0.4, -0.2) is 63.9 Å². The number of thioether (sulfide) groups is 1. The number of amides is 2. The molecule has 0 fully saturated rings. The SMILES string of the molecule is CCOc1ccc(-n2c(CNC(=O)c3cccc(OC)c3)nnc2SCC(=O)N2N=C(c3cccs3)C[C@H]2c2ccc(OC)cc2)cc1. The maximum atomic E-state index is 13.9. The van der Waals surface area contributed by atoms with Crippen molar-refractivity contribution in [3.05, 3.63) is 112 Å². The van der Waals surface area contributed by atoms with Crippen LogP contribution >= 0.6 is 23.1 Å². The smallest absolute Gasteiger partial charge is 0.253 e. The van der Waals surface area contributed by atoms with Crippen molar-refractivity contribution in [1.29, 1.82) is 0 Å². The lowest BCUT2D eigenvalue weighted by atomic mass is 10.0. The highest BCUT2D eigenvalue weighted by atomic mass is 32.2. The van der Waals surface area contributed by atoms with Crippen molar-refractivity contribution in [3.8, 4) is 22.9 Å². The van der Waals surface area contributed by atoms with Crippen LogP contribution in [0.3, 0.4) is 0 Å². The Hall–Kier alpha value is -5.14. The van der Waals surface area contributed by atoms with E-state index < -0.39 is 0 Å². The number of hydrazone groups is 1. The fourth-order valence-electron chi connectivity index (χ4n) is 5.26. The molecule has 48 heavy (non-hydrogen) atoms. The highest BCUT2D eigenvalue weighted by Gasteiger charge is 2.34. The number of ether oxygens (including phenoxy) is 3. The Morgan fingerprint density at radius 3 is 2.42 bits per heavy atom.